The minimum atomic E-state index is -0.248. The SMILES string of the molecule is Cc1c(F)cccc1NC(=S)Nc1ccccc1. The van der Waals surface area contributed by atoms with Gasteiger partial charge in [0.15, 0.2) is 5.11 Å². The van der Waals surface area contributed by atoms with Gasteiger partial charge in [-0.15, -0.1) is 0 Å². The quantitative estimate of drug-likeness (QED) is 0.800. The van der Waals surface area contributed by atoms with E-state index >= 15 is 0 Å². The zero-order valence-corrected chi connectivity index (χ0v) is 10.7. The topological polar surface area (TPSA) is 24.1 Å². The summed E-state index contributed by atoms with van der Waals surface area (Å²) in [5, 5.41) is 6.45. The Labute approximate surface area is 111 Å². The van der Waals surface area contributed by atoms with E-state index in [1.54, 1.807) is 19.1 Å². The number of thiocarbonyl (C=S) groups is 1. The maximum Gasteiger partial charge on any atom is 0.175 e. The van der Waals surface area contributed by atoms with E-state index in [0.717, 1.165) is 5.69 Å². The van der Waals surface area contributed by atoms with E-state index in [4.69, 9.17) is 12.2 Å². The fourth-order valence-corrected chi connectivity index (χ4v) is 1.78. The van der Waals surface area contributed by atoms with Gasteiger partial charge in [0.05, 0.1) is 0 Å². The molecule has 0 atom stereocenters. The monoisotopic (exact) mass is 260 g/mol. The molecule has 0 heterocycles. The second kappa shape index (κ2) is 5.60. The van der Waals surface area contributed by atoms with Crippen molar-refractivity contribution in [3.05, 3.63) is 59.9 Å². The summed E-state index contributed by atoms with van der Waals surface area (Å²) in [5.74, 6) is -0.248. The molecule has 0 aliphatic heterocycles. The first-order valence-electron chi connectivity index (χ1n) is 5.55. The van der Waals surface area contributed by atoms with Crippen LogP contribution in [0.2, 0.25) is 0 Å². The van der Waals surface area contributed by atoms with Crippen LogP contribution in [-0.2, 0) is 0 Å². The minimum Gasteiger partial charge on any atom is -0.332 e. The van der Waals surface area contributed by atoms with Crippen LogP contribution in [0.15, 0.2) is 48.5 Å². The van der Waals surface area contributed by atoms with Gasteiger partial charge in [-0.3, -0.25) is 0 Å². The summed E-state index contributed by atoms with van der Waals surface area (Å²) < 4.78 is 13.4. The molecule has 2 N–H and O–H groups in total. The highest BCUT2D eigenvalue weighted by atomic mass is 32.1. The van der Waals surface area contributed by atoms with Crippen molar-refractivity contribution in [1.29, 1.82) is 0 Å². The van der Waals surface area contributed by atoms with Gasteiger partial charge in [0.2, 0.25) is 0 Å². The zero-order valence-electron chi connectivity index (χ0n) is 9.91. The highest BCUT2D eigenvalue weighted by Crippen LogP contribution is 2.17. The summed E-state index contributed by atoms with van der Waals surface area (Å²) in [5.41, 5.74) is 2.11. The van der Waals surface area contributed by atoms with E-state index in [9.17, 15) is 4.39 Å². The Hall–Kier alpha value is -1.94. The van der Waals surface area contributed by atoms with E-state index in [0.29, 0.717) is 16.4 Å². The lowest BCUT2D eigenvalue weighted by molar-refractivity contribution is 0.619. The van der Waals surface area contributed by atoms with Crippen molar-refractivity contribution in [3.8, 4) is 0 Å². The first kappa shape index (κ1) is 12.5. The van der Waals surface area contributed by atoms with Crippen LogP contribution in [0.1, 0.15) is 5.56 Å². The van der Waals surface area contributed by atoms with E-state index in [2.05, 4.69) is 10.6 Å². The van der Waals surface area contributed by atoms with Crippen LogP contribution in [0.4, 0.5) is 15.8 Å². The second-order valence-corrected chi connectivity index (χ2v) is 4.27. The molecule has 0 unspecified atom stereocenters. The third kappa shape index (κ3) is 3.05. The Kier molecular flexibility index (Phi) is 3.89. The van der Waals surface area contributed by atoms with Gasteiger partial charge in [0, 0.05) is 16.9 Å². The van der Waals surface area contributed by atoms with Gasteiger partial charge >= 0.3 is 0 Å². The standard InChI is InChI=1S/C14H13FN2S/c1-10-12(15)8-5-9-13(10)17-14(18)16-11-6-3-2-4-7-11/h2-9H,1H3,(H2,16,17,18). The van der Waals surface area contributed by atoms with Crippen LogP contribution >= 0.6 is 12.2 Å². The van der Waals surface area contributed by atoms with Crippen molar-refractivity contribution >= 4 is 28.7 Å². The van der Waals surface area contributed by atoms with Crippen molar-refractivity contribution in [2.75, 3.05) is 10.6 Å². The molecule has 0 radical (unpaired) electrons. The predicted octanol–water partition coefficient (Wildman–Crippen LogP) is 3.94. The molecule has 0 fully saturated rings. The lowest BCUT2D eigenvalue weighted by Crippen LogP contribution is -2.19. The summed E-state index contributed by atoms with van der Waals surface area (Å²) >= 11 is 5.18. The molecule has 2 nitrogen and oxygen atoms in total. The molecule has 0 aliphatic rings. The number of nitrogens with one attached hydrogen (secondary N) is 2. The average molecular weight is 260 g/mol. The van der Waals surface area contributed by atoms with Gasteiger partial charge < -0.3 is 10.6 Å². The number of hydrogen-bond acceptors (Lipinski definition) is 1. The van der Waals surface area contributed by atoms with Crippen molar-refractivity contribution in [2.24, 2.45) is 0 Å². The molecule has 0 aromatic heterocycles. The highest BCUT2D eigenvalue weighted by molar-refractivity contribution is 7.80. The van der Waals surface area contributed by atoms with E-state index in [-0.39, 0.29) is 5.82 Å². The van der Waals surface area contributed by atoms with Crippen molar-refractivity contribution in [3.63, 3.8) is 0 Å². The van der Waals surface area contributed by atoms with Crippen LogP contribution in [0.25, 0.3) is 0 Å². The van der Waals surface area contributed by atoms with Crippen molar-refractivity contribution in [1.82, 2.24) is 0 Å². The summed E-state index contributed by atoms with van der Waals surface area (Å²) in [7, 11) is 0. The Balaban J connectivity index is 2.06. The maximum atomic E-state index is 13.4. The Morgan fingerprint density at radius 2 is 1.72 bits per heavy atom. The van der Waals surface area contributed by atoms with E-state index < -0.39 is 0 Å². The fraction of sp³-hybridized carbons (Fsp3) is 0.0714. The lowest BCUT2D eigenvalue weighted by Gasteiger charge is -2.12. The lowest BCUT2D eigenvalue weighted by atomic mass is 10.2. The number of para-hydroxylation sites is 1. The number of rotatable bonds is 2. The van der Waals surface area contributed by atoms with Crippen molar-refractivity contribution < 1.29 is 4.39 Å². The third-order valence-corrected chi connectivity index (χ3v) is 2.75. The van der Waals surface area contributed by atoms with E-state index in [1.165, 1.54) is 6.07 Å². The molecule has 2 rings (SSSR count). The normalized spacial score (nSPS) is 9.89. The molecule has 2 aromatic rings. The molecule has 0 aliphatic carbocycles. The van der Waals surface area contributed by atoms with Gasteiger partial charge in [-0.1, -0.05) is 24.3 Å². The van der Waals surface area contributed by atoms with Gasteiger partial charge in [0.25, 0.3) is 0 Å². The number of hydrogen-bond donors (Lipinski definition) is 2. The average Bonchev–Trinajstić information content (AvgIpc) is 2.36. The van der Waals surface area contributed by atoms with Crippen LogP contribution in [0.5, 0.6) is 0 Å². The van der Waals surface area contributed by atoms with Crippen LogP contribution < -0.4 is 10.6 Å². The minimum absolute atomic E-state index is 0.248. The number of halogens is 1. The van der Waals surface area contributed by atoms with Gasteiger partial charge in [-0.2, -0.15) is 0 Å². The fourth-order valence-electron chi connectivity index (χ4n) is 1.55. The predicted molar refractivity (Wildman–Crippen MR) is 77.4 cm³/mol. The van der Waals surface area contributed by atoms with Crippen LogP contribution in [0, 0.1) is 12.7 Å². The van der Waals surface area contributed by atoms with E-state index in [1.807, 2.05) is 30.3 Å². The molecule has 0 amide bonds. The summed E-state index contributed by atoms with van der Waals surface area (Å²) in [6.07, 6.45) is 0. The molecular weight excluding hydrogens is 247 g/mol. The molecule has 0 spiro atoms. The highest BCUT2D eigenvalue weighted by Gasteiger charge is 2.04. The zero-order chi connectivity index (χ0) is 13.0. The number of benzene rings is 2. The molecule has 4 heteroatoms. The van der Waals surface area contributed by atoms with Gasteiger partial charge in [-0.05, 0) is 43.4 Å². The van der Waals surface area contributed by atoms with Crippen LogP contribution in [-0.4, -0.2) is 5.11 Å². The Bertz CT molecular complexity index is 555. The second-order valence-electron chi connectivity index (χ2n) is 3.86. The van der Waals surface area contributed by atoms with Gasteiger partial charge in [-0.25, -0.2) is 4.39 Å². The smallest absolute Gasteiger partial charge is 0.175 e. The number of anilines is 2. The Morgan fingerprint density at radius 1 is 1.00 bits per heavy atom. The molecule has 0 saturated carbocycles. The molecular formula is C14H13FN2S. The largest absolute Gasteiger partial charge is 0.332 e. The third-order valence-electron chi connectivity index (χ3n) is 2.55. The summed E-state index contributed by atoms with van der Waals surface area (Å²) in [6, 6.07) is 14.4. The first-order valence-corrected chi connectivity index (χ1v) is 5.96. The first-order chi connectivity index (χ1) is 8.66. The summed E-state index contributed by atoms with van der Waals surface area (Å²) in [6.45, 7) is 1.71. The summed E-state index contributed by atoms with van der Waals surface area (Å²) in [4.78, 5) is 0. The molecule has 92 valence electrons. The van der Waals surface area contributed by atoms with Crippen molar-refractivity contribution in [2.45, 2.75) is 6.92 Å². The van der Waals surface area contributed by atoms with Crippen LogP contribution in [0.3, 0.4) is 0 Å². The maximum absolute atomic E-state index is 13.4. The molecule has 2 aromatic carbocycles. The molecule has 18 heavy (non-hydrogen) atoms. The van der Waals surface area contributed by atoms with Gasteiger partial charge in [0.1, 0.15) is 5.82 Å². The molecule has 0 saturated heterocycles. The Morgan fingerprint density at radius 3 is 2.44 bits per heavy atom. The molecule has 0 bridgehead atoms.